The van der Waals surface area contributed by atoms with Crippen LogP contribution in [0.1, 0.15) is 58.8 Å². The molecule has 2 saturated carbocycles. The predicted molar refractivity (Wildman–Crippen MR) is 62.6 cm³/mol. The third-order valence-electron chi connectivity index (χ3n) is 4.37. The largest absolute Gasteiger partial charge is 0.300 e. The van der Waals surface area contributed by atoms with E-state index in [2.05, 4.69) is 13.8 Å². The van der Waals surface area contributed by atoms with Crippen LogP contribution in [0, 0.1) is 23.7 Å². The van der Waals surface area contributed by atoms with Crippen LogP contribution in [0.15, 0.2) is 0 Å². The first-order chi connectivity index (χ1) is 7.15. The van der Waals surface area contributed by atoms with Crippen molar-refractivity contribution >= 4 is 5.78 Å². The van der Waals surface area contributed by atoms with Gasteiger partial charge in [-0.1, -0.05) is 20.3 Å². The van der Waals surface area contributed by atoms with Crippen molar-refractivity contribution in [3.63, 3.8) is 0 Å². The molecule has 2 aliphatic carbocycles. The van der Waals surface area contributed by atoms with E-state index in [1.54, 1.807) is 0 Å². The van der Waals surface area contributed by atoms with Gasteiger partial charge in [-0.25, -0.2) is 0 Å². The molecule has 0 spiro atoms. The Balaban J connectivity index is 1.71. The lowest BCUT2D eigenvalue weighted by atomic mass is 9.84. The van der Waals surface area contributed by atoms with Crippen LogP contribution in [-0.4, -0.2) is 5.78 Å². The van der Waals surface area contributed by atoms with Gasteiger partial charge >= 0.3 is 0 Å². The van der Waals surface area contributed by atoms with Crippen LogP contribution in [0.4, 0.5) is 0 Å². The van der Waals surface area contributed by atoms with E-state index >= 15 is 0 Å². The van der Waals surface area contributed by atoms with Gasteiger partial charge in [-0.15, -0.1) is 0 Å². The van der Waals surface area contributed by atoms with Crippen molar-refractivity contribution in [1.82, 2.24) is 0 Å². The molecule has 0 aliphatic heterocycles. The Morgan fingerprint density at radius 1 is 1.27 bits per heavy atom. The van der Waals surface area contributed by atoms with Gasteiger partial charge < -0.3 is 0 Å². The maximum absolute atomic E-state index is 11.8. The van der Waals surface area contributed by atoms with E-state index in [4.69, 9.17) is 0 Å². The second-order valence-electron chi connectivity index (χ2n) is 6.11. The van der Waals surface area contributed by atoms with Gasteiger partial charge in [0.2, 0.25) is 0 Å². The highest BCUT2D eigenvalue weighted by atomic mass is 16.1. The summed E-state index contributed by atoms with van der Waals surface area (Å²) in [7, 11) is 0. The van der Waals surface area contributed by atoms with E-state index in [1.807, 2.05) is 0 Å². The van der Waals surface area contributed by atoms with Crippen LogP contribution < -0.4 is 0 Å². The molecule has 0 aromatic carbocycles. The van der Waals surface area contributed by atoms with Crippen LogP contribution in [-0.2, 0) is 4.79 Å². The first-order valence-electron chi connectivity index (χ1n) is 6.67. The van der Waals surface area contributed by atoms with Crippen molar-refractivity contribution < 1.29 is 4.79 Å². The summed E-state index contributed by atoms with van der Waals surface area (Å²) in [5.41, 5.74) is 0. The molecular weight excluding hydrogens is 184 g/mol. The monoisotopic (exact) mass is 208 g/mol. The Hall–Kier alpha value is -0.330. The first-order valence-corrected chi connectivity index (χ1v) is 6.67. The molecule has 0 heterocycles. The highest BCUT2D eigenvalue weighted by molar-refractivity contribution is 5.78. The average molecular weight is 208 g/mol. The molecule has 86 valence electrons. The summed E-state index contributed by atoms with van der Waals surface area (Å²) >= 11 is 0. The molecule has 0 amide bonds. The quantitative estimate of drug-likeness (QED) is 0.671. The number of fused-ring (bicyclic) bond motifs is 2. The van der Waals surface area contributed by atoms with Crippen molar-refractivity contribution in [2.24, 2.45) is 23.7 Å². The first kappa shape index (κ1) is 11.2. The molecule has 0 N–H and O–H groups in total. The maximum atomic E-state index is 11.8. The molecular formula is C14H24O. The number of hydrogen-bond donors (Lipinski definition) is 0. The summed E-state index contributed by atoms with van der Waals surface area (Å²) in [5, 5.41) is 0. The van der Waals surface area contributed by atoms with Gasteiger partial charge in [-0.05, 0) is 49.4 Å². The molecule has 2 aliphatic rings. The van der Waals surface area contributed by atoms with E-state index in [1.165, 1.54) is 25.7 Å². The summed E-state index contributed by atoms with van der Waals surface area (Å²) in [5.74, 6) is 3.87. The Morgan fingerprint density at radius 3 is 2.60 bits per heavy atom. The molecule has 2 bridgehead atoms. The minimum atomic E-state index is 0.529. The SMILES string of the molecule is CC(C)CCC(=O)CC1CC2CCC1C2. The Labute approximate surface area is 93.6 Å². The Kier molecular flexibility index (Phi) is 3.48. The Bertz CT molecular complexity index is 231. The van der Waals surface area contributed by atoms with Crippen molar-refractivity contribution in [1.29, 1.82) is 0 Å². The number of Topliss-reactive ketones (excluding diaryl/α,β-unsaturated/α-hetero) is 1. The predicted octanol–water partition coefficient (Wildman–Crippen LogP) is 3.82. The molecule has 0 saturated heterocycles. The van der Waals surface area contributed by atoms with E-state index in [0.717, 1.165) is 37.0 Å². The van der Waals surface area contributed by atoms with Gasteiger partial charge in [0.05, 0.1) is 0 Å². The van der Waals surface area contributed by atoms with Gasteiger partial charge in [-0.3, -0.25) is 4.79 Å². The zero-order valence-corrected chi connectivity index (χ0v) is 10.2. The van der Waals surface area contributed by atoms with Crippen molar-refractivity contribution in [2.75, 3.05) is 0 Å². The fourth-order valence-electron chi connectivity index (χ4n) is 3.47. The number of carbonyl (C=O) groups is 1. The highest BCUT2D eigenvalue weighted by Crippen LogP contribution is 2.49. The van der Waals surface area contributed by atoms with Gasteiger partial charge in [0.15, 0.2) is 0 Å². The second-order valence-corrected chi connectivity index (χ2v) is 6.11. The third-order valence-corrected chi connectivity index (χ3v) is 4.37. The second kappa shape index (κ2) is 4.67. The minimum Gasteiger partial charge on any atom is -0.300 e. The van der Waals surface area contributed by atoms with Gasteiger partial charge in [0.25, 0.3) is 0 Å². The zero-order chi connectivity index (χ0) is 10.8. The minimum absolute atomic E-state index is 0.529. The number of rotatable bonds is 5. The lowest BCUT2D eigenvalue weighted by Crippen LogP contribution is -2.15. The number of ketones is 1. The molecule has 2 rings (SSSR count). The molecule has 1 nitrogen and oxygen atoms in total. The zero-order valence-electron chi connectivity index (χ0n) is 10.2. The lowest BCUT2D eigenvalue weighted by Gasteiger charge is -2.20. The summed E-state index contributed by atoms with van der Waals surface area (Å²) in [6.45, 7) is 4.40. The van der Waals surface area contributed by atoms with Crippen LogP contribution in [0.3, 0.4) is 0 Å². The van der Waals surface area contributed by atoms with E-state index < -0.39 is 0 Å². The van der Waals surface area contributed by atoms with Crippen molar-refractivity contribution in [3.8, 4) is 0 Å². The fourth-order valence-corrected chi connectivity index (χ4v) is 3.47. The third kappa shape index (κ3) is 2.83. The normalized spacial score (nSPS) is 33.9. The summed E-state index contributed by atoms with van der Waals surface area (Å²) < 4.78 is 0. The molecule has 1 heteroatoms. The van der Waals surface area contributed by atoms with Crippen molar-refractivity contribution in [3.05, 3.63) is 0 Å². The van der Waals surface area contributed by atoms with Crippen LogP contribution >= 0.6 is 0 Å². The highest BCUT2D eigenvalue weighted by Gasteiger charge is 2.39. The molecule has 3 unspecified atom stereocenters. The number of carbonyl (C=O) groups excluding carboxylic acids is 1. The maximum Gasteiger partial charge on any atom is 0.133 e. The molecule has 3 atom stereocenters. The molecule has 2 fully saturated rings. The van der Waals surface area contributed by atoms with E-state index in [0.29, 0.717) is 11.7 Å². The van der Waals surface area contributed by atoms with Crippen molar-refractivity contribution in [2.45, 2.75) is 58.8 Å². The van der Waals surface area contributed by atoms with Crippen LogP contribution in [0.25, 0.3) is 0 Å². The standard InChI is InChI=1S/C14H24O/c1-10(2)3-6-14(15)9-13-8-11-4-5-12(13)7-11/h10-13H,3-9H2,1-2H3. The Morgan fingerprint density at radius 2 is 2.07 bits per heavy atom. The summed E-state index contributed by atoms with van der Waals surface area (Å²) in [4.78, 5) is 11.8. The molecule has 15 heavy (non-hydrogen) atoms. The van der Waals surface area contributed by atoms with Crippen LogP contribution in [0.2, 0.25) is 0 Å². The smallest absolute Gasteiger partial charge is 0.133 e. The topological polar surface area (TPSA) is 17.1 Å². The lowest BCUT2D eigenvalue weighted by molar-refractivity contribution is -0.120. The summed E-state index contributed by atoms with van der Waals surface area (Å²) in [6.07, 6.45) is 8.45. The van der Waals surface area contributed by atoms with E-state index in [-0.39, 0.29) is 0 Å². The average Bonchev–Trinajstić information content (AvgIpc) is 2.76. The molecule has 0 radical (unpaired) electrons. The van der Waals surface area contributed by atoms with Crippen LogP contribution in [0.5, 0.6) is 0 Å². The fraction of sp³-hybridized carbons (Fsp3) is 0.929. The molecule has 0 aromatic heterocycles. The summed E-state index contributed by atoms with van der Waals surface area (Å²) in [6, 6.07) is 0. The van der Waals surface area contributed by atoms with Gasteiger partial charge in [0, 0.05) is 12.8 Å². The van der Waals surface area contributed by atoms with Gasteiger partial charge in [-0.2, -0.15) is 0 Å². The molecule has 0 aromatic rings. The van der Waals surface area contributed by atoms with E-state index in [9.17, 15) is 4.79 Å². The van der Waals surface area contributed by atoms with Gasteiger partial charge in [0.1, 0.15) is 5.78 Å². The number of hydrogen-bond acceptors (Lipinski definition) is 1.